The zero-order valence-electron chi connectivity index (χ0n) is 86.1. The minimum Gasteiger partial charge on any atom is -0.393 e. The zero-order valence-corrected chi connectivity index (χ0v) is 79.1. The number of carbonyl (C=O) groups excluding carboxylic acids is 5. The first-order valence-corrected chi connectivity index (χ1v) is 50.6. The molecule has 0 aromatic carbocycles. The summed E-state index contributed by atoms with van der Waals surface area (Å²) in [5.74, 6) is 6.81. The average Bonchev–Trinajstić information content (AvgIpc) is 1.43. The van der Waals surface area contributed by atoms with Gasteiger partial charge in [0.05, 0.1) is 28.5 Å². The van der Waals surface area contributed by atoms with Crippen molar-refractivity contribution in [2.75, 3.05) is 0 Å². The molecule has 0 aromatic rings. The lowest BCUT2D eigenvalue weighted by molar-refractivity contribution is -0.150. The molecule has 10 heteroatoms. The first-order chi connectivity index (χ1) is 58.0. The molecule has 20 rings (SSSR count). The Hall–Kier alpha value is -1.85. The van der Waals surface area contributed by atoms with Crippen LogP contribution in [0.15, 0.2) is 0 Å². The molecule has 5 N–H and O–H groups in total. The Balaban J connectivity index is 0.000000116. The Bertz CT molecular complexity index is 3980. The van der Waals surface area contributed by atoms with Crippen LogP contribution in [0.2, 0.25) is 0 Å². The molecule has 0 bridgehead atoms. The Kier molecular flexibility index (Phi) is 21.8. The van der Waals surface area contributed by atoms with Crippen molar-refractivity contribution in [2.24, 2.45) is 202 Å². The highest BCUT2D eigenvalue weighted by molar-refractivity contribution is 5.81. The van der Waals surface area contributed by atoms with Gasteiger partial charge in [0.2, 0.25) is 0 Å². The number of rotatable bonds is 5. The van der Waals surface area contributed by atoms with Crippen LogP contribution in [0.5, 0.6) is 0 Å². The summed E-state index contributed by atoms with van der Waals surface area (Å²) in [5, 5.41) is 52.6. The van der Waals surface area contributed by atoms with Gasteiger partial charge in [0.1, 0.15) is 28.9 Å². The first-order valence-electron chi connectivity index (χ1n) is 54.1. The molecule has 10 nitrogen and oxygen atoms in total. The summed E-state index contributed by atoms with van der Waals surface area (Å²) in [6, 6.07) is 0. The molecule has 0 heterocycles. The molecule has 0 unspecified atom stereocenters. The summed E-state index contributed by atoms with van der Waals surface area (Å²) in [6.45, 7) is 39.7. The van der Waals surface area contributed by atoms with Crippen LogP contribution in [0, 0.1) is 202 Å². The highest BCUT2D eigenvalue weighted by Crippen LogP contribution is 2.75. The van der Waals surface area contributed by atoms with Crippen LogP contribution in [-0.4, -0.2) is 83.0 Å². The summed E-state index contributed by atoms with van der Waals surface area (Å²) in [7, 11) is 0. The molecule has 40 atom stereocenters. The Labute approximate surface area is 735 Å². The van der Waals surface area contributed by atoms with Crippen molar-refractivity contribution >= 4 is 28.9 Å². The smallest absolute Gasteiger partial charge is 0.133 e. The molecule has 119 heavy (non-hydrogen) atoms. The monoisotopic (exact) mass is 1650 g/mol. The van der Waals surface area contributed by atoms with E-state index in [-0.39, 0.29) is 89.6 Å². The van der Waals surface area contributed by atoms with Gasteiger partial charge in [-0.15, -0.1) is 0 Å². The summed E-state index contributed by atoms with van der Waals surface area (Å²) in [4.78, 5) is 61.3. The summed E-state index contributed by atoms with van der Waals surface area (Å²) >= 11 is 0. The van der Waals surface area contributed by atoms with Crippen molar-refractivity contribution in [3.8, 4) is 0 Å². The van der Waals surface area contributed by atoms with E-state index in [9.17, 15) is 55.0 Å². The zero-order chi connectivity index (χ0) is 92.2. The van der Waals surface area contributed by atoms with E-state index in [1.165, 1.54) is 38.5 Å². The highest BCUT2D eigenvalue weighted by atomic mass is 16.3. The average molecular weight is 1660 g/mol. The topological polar surface area (TPSA) is 186 Å². The lowest BCUT2D eigenvalue weighted by Gasteiger charge is -2.61. The van der Waals surface area contributed by atoms with Gasteiger partial charge in [-0.25, -0.2) is 0 Å². The van der Waals surface area contributed by atoms with Crippen LogP contribution in [0.25, 0.3) is 0 Å². The van der Waals surface area contributed by atoms with Gasteiger partial charge in [-0.3, -0.25) is 24.0 Å². The number of carbonyl (C=O) groups is 5. The minimum absolute atomic E-state index is 0.0355. The van der Waals surface area contributed by atoms with Gasteiger partial charge in [-0.1, -0.05) is 69.2 Å². The summed E-state index contributed by atoms with van der Waals surface area (Å²) in [5.41, 5.74) is -2.45. The SMILES string of the molecule is [2H][C@@]12CC[C@H]3[C@@H]4CC[C@H](C(C)=O)[C@@]4(C)CC[C@@H]3[C@@]1(C)CC[C@@](C)(O)C2.[2H][C@@]12CC[C@H]3[C@@H]4CC[C@]([2H])(C(C)=O)[C@@]4(C)CC[C@@H]3[C@@]1(C)CC[C@@](C)(O)C2.[2H][C@]12CC[C@H]3[C@@H]4CC[C@H](C(C)=O)[C@@]4(C)CC[C@@H]3[C@@]1(C)CC[C@@H](O)C2.[2H][C@]12CC[C@H]3[C@@H]4CC[C@H](C(C)=O)[C@@]4(C)CC[C@@H]3[C@@]1(C)CC[C@@](C)(O)C2.[2H][C@]12CC[C@H]3[C@@H]4CC[C@]([2H])(C(C)=O)[C@@]4(C)CC[C@@H]3[C@@]1(C)CC[C@@](C)(O)C2. The van der Waals surface area contributed by atoms with E-state index in [4.69, 9.17) is 4.11 Å². The third-order valence-corrected chi connectivity index (χ3v) is 44.7. The van der Waals surface area contributed by atoms with Gasteiger partial charge in [0.25, 0.3) is 0 Å². The normalized spacial score (nSPS) is 61.9. The second-order valence-electron chi connectivity index (χ2n) is 50.7. The van der Waals surface area contributed by atoms with Crippen LogP contribution in [0.1, 0.15) is 430 Å². The third kappa shape index (κ3) is 15.1. The number of Topliss-reactive ketones (excluding diaryl/α,β-unsaturated/α-hetero) is 5. The van der Waals surface area contributed by atoms with Crippen LogP contribution < -0.4 is 0 Å². The molecule has 20 aliphatic carbocycles. The third-order valence-electron chi connectivity index (χ3n) is 44.7. The van der Waals surface area contributed by atoms with Gasteiger partial charge in [0.15, 0.2) is 0 Å². The quantitative estimate of drug-likeness (QED) is 0.177. The van der Waals surface area contributed by atoms with E-state index in [2.05, 4.69) is 69.2 Å². The summed E-state index contributed by atoms with van der Waals surface area (Å²) in [6.07, 6.45) is 43.2. The van der Waals surface area contributed by atoms with Crippen LogP contribution in [-0.2, 0) is 24.0 Å². The van der Waals surface area contributed by atoms with E-state index in [0.717, 1.165) is 205 Å². The number of hydrogen-bond donors (Lipinski definition) is 5. The molecule has 0 aliphatic heterocycles. The lowest BCUT2D eigenvalue weighted by atomic mass is 9.44. The number of ketones is 5. The standard InChI is InChI=1S/4C22H36O2.C21H34O2/c4*1-14(23)17-7-8-18-16-6-5-15-13-20(2,24)11-12-21(15,3)19(16)9-10-22(17,18)4;1-13(22)17-6-7-18-16-5-4-14-12-15(23)8-10-20(14,2)19(16)9-11-21(17,18)3/h4*15-19,24H,5-13H2,1-4H3;14-19,23H,4-12H2,1-3H3/t2*15-,16+,17-,18+,19+,20-,21+,22-;2*15-,16-,17+,18-,19-,20+,21-,22+;14-,15-,16+,17-,18+,19+,20+,21-/m11001/s1/i15D,17D;15D;15D,17D;15D;14D. The van der Waals surface area contributed by atoms with E-state index in [1.807, 2.05) is 27.7 Å². The second-order valence-corrected chi connectivity index (χ2v) is 50.7. The van der Waals surface area contributed by atoms with Crippen LogP contribution in [0.4, 0.5) is 0 Å². The molecule has 0 saturated heterocycles. The van der Waals surface area contributed by atoms with E-state index in [1.54, 1.807) is 34.6 Å². The van der Waals surface area contributed by atoms with Crippen molar-refractivity contribution in [2.45, 2.75) is 449 Å². The van der Waals surface area contributed by atoms with Crippen molar-refractivity contribution in [3.05, 3.63) is 0 Å². The van der Waals surface area contributed by atoms with E-state index < -0.39 is 63.7 Å². The highest BCUT2D eigenvalue weighted by Gasteiger charge is 2.69. The Morgan fingerprint density at radius 2 is 0.437 bits per heavy atom. The van der Waals surface area contributed by atoms with Gasteiger partial charge >= 0.3 is 0 Å². The minimum atomic E-state index is -0.907. The summed E-state index contributed by atoms with van der Waals surface area (Å²) < 4.78 is 64.2. The second kappa shape index (κ2) is 31.8. The maximum atomic E-state index is 12.4. The van der Waals surface area contributed by atoms with Gasteiger partial charge < -0.3 is 25.5 Å². The Morgan fingerprint density at radius 3 is 0.689 bits per heavy atom. The van der Waals surface area contributed by atoms with E-state index >= 15 is 0 Å². The van der Waals surface area contributed by atoms with Gasteiger partial charge in [-0.2, -0.15) is 0 Å². The Morgan fingerprint density at radius 1 is 0.227 bits per heavy atom. The van der Waals surface area contributed by atoms with E-state index in [0.29, 0.717) is 151 Å². The number of hydrogen-bond acceptors (Lipinski definition) is 10. The van der Waals surface area contributed by atoms with Crippen molar-refractivity contribution in [3.63, 3.8) is 0 Å². The fourth-order valence-electron chi connectivity index (χ4n) is 38.1. The van der Waals surface area contributed by atoms with Crippen molar-refractivity contribution in [1.82, 2.24) is 0 Å². The molecular formula is C109H178O10. The number of fused-ring (bicyclic) bond motifs is 25. The molecular weight excluding hydrogens is 1470 g/mol. The molecule has 674 valence electrons. The predicted molar refractivity (Wildman–Crippen MR) is 478 cm³/mol. The van der Waals surface area contributed by atoms with Gasteiger partial charge in [-0.05, 0) is 524 Å². The van der Waals surface area contributed by atoms with Gasteiger partial charge in [0, 0.05) is 39.1 Å². The fourth-order valence-corrected chi connectivity index (χ4v) is 38.1. The first kappa shape index (κ1) is 81.6. The largest absolute Gasteiger partial charge is 0.393 e. The van der Waals surface area contributed by atoms with Crippen LogP contribution >= 0.6 is 0 Å². The number of aliphatic hydroxyl groups excluding tert-OH is 1. The maximum absolute atomic E-state index is 12.4. The molecule has 20 fully saturated rings. The molecule has 20 aliphatic rings. The number of aliphatic hydroxyl groups is 5. The van der Waals surface area contributed by atoms with Crippen molar-refractivity contribution < 1.29 is 59.1 Å². The molecule has 0 spiro atoms. The lowest BCUT2D eigenvalue weighted by Crippen LogP contribution is -2.55. The maximum Gasteiger partial charge on any atom is 0.133 e. The predicted octanol–water partition coefficient (Wildman–Crippen LogP) is 24.5. The molecule has 20 saturated carbocycles. The molecule has 0 aromatic heterocycles. The fraction of sp³-hybridized carbons (Fsp3) is 0.954. The van der Waals surface area contributed by atoms with Crippen molar-refractivity contribution in [1.29, 1.82) is 0 Å². The molecule has 0 amide bonds. The molecule has 0 radical (unpaired) electrons. The van der Waals surface area contributed by atoms with Crippen LogP contribution in [0.3, 0.4) is 0 Å².